The summed E-state index contributed by atoms with van der Waals surface area (Å²) in [7, 11) is 0. The summed E-state index contributed by atoms with van der Waals surface area (Å²) in [6.07, 6.45) is 4.29. The zero-order valence-electron chi connectivity index (χ0n) is 12.4. The van der Waals surface area contributed by atoms with Crippen molar-refractivity contribution in [2.45, 2.75) is 50.9 Å². The van der Waals surface area contributed by atoms with Crippen molar-refractivity contribution in [1.29, 1.82) is 0 Å². The van der Waals surface area contributed by atoms with Crippen molar-refractivity contribution in [1.82, 2.24) is 0 Å². The first-order chi connectivity index (χ1) is 9.55. The minimum absolute atomic E-state index is 0.316. The number of rotatable bonds is 2. The molecule has 1 saturated heterocycles. The zero-order valence-corrected chi connectivity index (χ0v) is 12.4. The van der Waals surface area contributed by atoms with Crippen LogP contribution in [0, 0.1) is 5.92 Å². The molecule has 0 bridgehead atoms. The second-order valence-corrected chi connectivity index (χ2v) is 6.29. The Hall–Kier alpha value is -0.900. The first-order valence-corrected chi connectivity index (χ1v) is 7.66. The van der Waals surface area contributed by atoms with Gasteiger partial charge in [-0.2, -0.15) is 0 Å². The number of benzene rings is 1. The molecule has 1 heterocycles. The van der Waals surface area contributed by atoms with Crippen LogP contribution >= 0.6 is 0 Å². The molecule has 1 aromatic carbocycles. The number of hydrogen-bond acceptors (Lipinski definition) is 3. The Kier molecular flexibility index (Phi) is 3.61. The summed E-state index contributed by atoms with van der Waals surface area (Å²) in [5, 5.41) is 11.0. The monoisotopic (exact) mass is 276 g/mol. The van der Waals surface area contributed by atoms with E-state index in [1.165, 1.54) is 6.42 Å². The molecule has 1 N–H and O–H groups in total. The highest BCUT2D eigenvalue weighted by Gasteiger charge is 2.38. The number of hydrogen-bond donors (Lipinski definition) is 1. The van der Waals surface area contributed by atoms with E-state index in [1.54, 1.807) is 0 Å². The molecule has 110 valence electrons. The van der Waals surface area contributed by atoms with Gasteiger partial charge in [-0.3, -0.25) is 0 Å². The molecule has 1 aliphatic carbocycles. The molecule has 20 heavy (non-hydrogen) atoms. The molecular weight excluding hydrogens is 252 g/mol. The van der Waals surface area contributed by atoms with Crippen molar-refractivity contribution < 1.29 is 14.6 Å². The van der Waals surface area contributed by atoms with Crippen LogP contribution in [-0.4, -0.2) is 18.3 Å². The molecule has 2 fully saturated rings. The maximum absolute atomic E-state index is 11.0. The van der Waals surface area contributed by atoms with Gasteiger partial charge in [0.05, 0.1) is 18.8 Å². The lowest BCUT2D eigenvalue weighted by Crippen LogP contribution is -2.36. The van der Waals surface area contributed by atoms with Crippen LogP contribution in [0.2, 0.25) is 0 Å². The molecule has 3 nitrogen and oxygen atoms in total. The van der Waals surface area contributed by atoms with E-state index in [2.05, 4.69) is 6.92 Å². The van der Waals surface area contributed by atoms with Crippen LogP contribution < -0.4 is 0 Å². The average Bonchev–Trinajstić information content (AvgIpc) is 2.91. The van der Waals surface area contributed by atoms with Crippen molar-refractivity contribution in [2.24, 2.45) is 5.92 Å². The summed E-state index contributed by atoms with van der Waals surface area (Å²) in [5.74, 6) is -0.309. The second-order valence-electron chi connectivity index (χ2n) is 6.29. The fourth-order valence-electron chi connectivity index (χ4n) is 3.50. The van der Waals surface area contributed by atoms with Gasteiger partial charge in [-0.15, -0.1) is 0 Å². The standard InChI is InChI=1S/C17H24O3/c1-13-5-3-4-10-17(13,18)15-8-6-14(7-9-15)16(2)19-11-12-20-16/h6-9,13,18H,3-5,10-12H2,1-2H3. The molecule has 2 atom stereocenters. The minimum atomic E-state index is -0.672. The van der Waals surface area contributed by atoms with Gasteiger partial charge in [-0.1, -0.05) is 44.0 Å². The normalized spacial score (nSPS) is 33.2. The first-order valence-electron chi connectivity index (χ1n) is 7.66. The van der Waals surface area contributed by atoms with Crippen LogP contribution in [0.15, 0.2) is 24.3 Å². The third kappa shape index (κ3) is 2.28. The van der Waals surface area contributed by atoms with Crippen molar-refractivity contribution in [3.8, 4) is 0 Å². The summed E-state index contributed by atoms with van der Waals surface area (Å²) in [6, 6.07) is 8.13. The lowest BCUT2D eigenvalue weighted by atomic mass is 9.72. The average molecular weight is 276 g/mol. The topological polar surface area (TPSA) is 38.7 Å². The van der Waals surface area contributed by atoms with Gasteiger partial charge in [-0.05, 0) is 31.2 Å². The molecule has 1 saturated carbocycles. The molecule has 0 amide bonds. The molecular formula is C17H24O3. The summed E-state index contributed by atoms with van der Waals surface area (Å²) < 4.78 is 11.3. The SMILES string of the molecule is CC1CCCCC1(O)c1ccc(C2(C)OCCO2)cc1. The molecule has 0 radical (unpaired) electrons. The largest absolute Gasteiger partial charge is 0.385 e. The first kappa shape index (κ1) is 14.1. The molecule has 2 unspecified atom stereocenters. The van der Waals surface area contributed by atoms with Crippen LogP contribution in [0.25, 0.3) is 0 Å². The Labute approximate surface area is 120 Å². The smallest absolute Gasteiger partial charge is 0.192 e. The van der Waals surface area contributed by atoms with E-state index in [4.69, 9.17) is 9.47 Å². The van der Waals surface area contributed by atoms with Crippen LogP contribution in [0.1, 0.15) is 50.7 Å². The van der Waals surface area contributed by atoms with E-state index in [0.717, 1.165) is 30.4 Å². The Balaban J connectivity index is 1.85. The predicted octanol–water partition coefficient (Wildman–Crippen LogP) is 3.30. The fraction of sp³-hybridized carbons (Fsp3) is 0.647. The van der Waals surface area contributed by atoms with Crippen LogP contribution in [-0.2, 0) is 20.9 Å². The lowest BCUT2D eigenvalue weighted by molar-refractivity contribution is -0.149. The van der Waals surface area contributed by atoms with Gasteiger partial charge >= 0.3 is 0 Å². The summed E-state index contributed by atoms with van der Waals surface area (Å²) in [6.45, 7) is 5.38. The second kappa shape index (κ2) is 5.14. The Bertz CT molecular complexity index is 462. The van der Waals surface area contributed by atoms with E-state index < -0.39 is 11.4 Å². The fourth-order valence-corrected chi connectivity index (χ4v) is 3.50. The highest BCUT2D eigenvalue weighted by atomic mass is 16.7. The highest BCUT2D eigenvalue weighted by Crippen LogP contribution is 2.42. The van der Waals surface area contributed by atoms with Crippen molar-refractivity contribution in [3.05, 3.63) is 35.4 Å². The Morgan fingerprint density at radius 3 is 2.25 bits per heavy atom. The molecule has 1 aliphatic heterocycles. The van der Waals surface area contributed by atoms with Crippen LogP contribution in [0.3, 0.4) is 0 Å². The molecule has 0 aromatic heterocycles. The lowest BCUT2D eigenvalue weighted by Gasteiger charge is -2.39. The molecule has 0 spiro atoms. The minimum Gasteiger partial charge on any atom is -0.385 e. The highest BCUT2D eigenvalue weighted by molar-refractivity contribution is 5.30. The Morgan fingerprint density at radius 2 is 1.65 bits per heavy atom. The van der Waals surface area contributed by atoms with Crippen molar-refractivity contribution in [3.63, 3.8) is 0 Å². The predicted molar refractivity (Wildman–Crippen MR) is 77.2 cm³/mol. The van der Waals surface area contributed by atoms with Gasteiger partial charge in [0.1, 0.15) is 0 Å². The summed E-state index contributed by atoms with van der Waals surface area (Å²) in [5.41, 5.74) is 1.37. The van der Waals surface area contributed by atoms with Gasteiger partial charge in [0.2, 0.25) is 0 Å². The zero-order chi connectivity index (χ0) is 14.2. The van der Waals surface area contributed by atoms with Gasteiger partial charge in [-0.25, -0.2) is 0 Å². The van der Waals surface area contributed by atoms with Gasteiger partial charge in [0, 0.05) is 5.56 Å². The third-order valence-electron chi connectivity index (χ3n) is 5.01. The third-order valence-corrected chi connectivity index (χ3v) is 5.01. The maximum Gasteiger partial charge on any atom is 0.192 e. The molecule has 2 aliphatic rings. The Morgan fingerprint density at radius 1 is 1.05 bits per heavy atom. The van der Waals surface area contributed by atoms with Crippen LogP contribution in [0.5, 0.6) is 0 Å². The van der Waals surface area contributed by atoms with E-state index in [1.807, 2.05) is 31.2 Å². The van der Waals surface area contributed by atoms with E-state index >= 15 is 0 Å². The van der Waals surface area contributed by atoms with Crippen LogP contribution in [0.4, 0.5) is 0 Å². The van der Waals surface area contributed by atoms with Crippen molar-refractivity contribution in [2.75, 3.05) is 13.2 Å². The summed E-state index contributed by atoms with van der Waals surface area (Å²) >= 11 is 0. The van der Waals surface area contributed by atoms with Gasteiger partial charge in [0.25, 0.3) is 0 Å². The van der Waals surface area contributed by atoms with E-state index in [9.17, 15) is 5.11 Å². The van der Waals surface area contributed by atoms with Gasteiger partial charge in [0.15, 0.2) is 5.79 Å². The molecule has 3 rings (SSSR count). The number of ether oxygens (including phenoxy) is 2. The quantitative estimate of drug-likeness (QED) is 0.900. The summed E-state index contributed by atoms with van der Waals surface area (Å²) in [4.78, 5) is 0. The van der Waals surface area contributed by atoms with E-state index in [0.29, 0.717) is 19.1 Å². The maximum atomic E-state index is 11.0. The molecule has 3 heteroatoms. The van der Waals surface area contributed by atoms with Crippen molar-refractivity contribution >= 4 is 0 Å². The van der Waals surface area contributed by atoms with Gasteiger partial charge < -0.3 is 14.6 Å². The molecule has 1 aromatic rings. The van der Waals surface area contributed by atoms with E-state index in [-0.39, 0.29) is 0 Å². The number of aliphatic hydroxyl groups is 1.